The Hall–Kier alpha value is -2.08. The largest absolute Gasteiger partial charge is 0.506 e. The lowest BCUT2D eigenvalue weighted by molar-refractivity contribution is -0.0770. The van der Waals surface area contributed by atoms with Gasteiger partial charge in [0, 0.05) is 12.2 Å². The predicted molar refractivity (Wildman–Crippen MR) is 73.0 cm³/mol. The maximum absolute atomic E-state index is 9.63. The van der Waals surface area contributed by atoms with E-state index in [2.05, 4.69) is 10.1 Å². The monoisotopic (exact) mass is 275 g/mol. The molecule has 2 heterocycles. The zero-order valence-electron chi connectivity index (χ0n) is 11.3. The molecular formula is C14H17N3O3. The molecule has 6 heteroatoms. The summed E-state index contributed by atoms with van der Waals surface area (Å²) < 4.78 is 11.1. The molecule has 0 spiro atoms. The lowest BCUT2D eigenvalue weighted by Gasteiger charge is -2.30. The molecule has 106 valence electrons. The molecule has 3 rings (SSSR count). The second-order valence-electron chi connectivity index (χ2n) is 5.23. The fourth-order valence-corrected chi connectivity index (χ4v) is 2.34. The van der Waals surface area contributed by atoms with Crippen LogP contribution in [0.4, 0.5) is 5.69 Å². The first kappa shape index (κ1) is 12.9. The van der Waals surface area contributed by atoms with Crippen molar-refractivity contribution in [2.24, 2.45) is 0 Å². The van der Waals surface area contributed by atoms with Crippen molar-refractivity contribution in [2.45, 2.75) is 31.8 Å². The Morgan fingerprint density at radius 1 is 1.35 bits per heavy atom. The van der Waals surface area contributed by atoms with Gasteiger partial charge in [0.15, 0.2) is 0 Å². The van der Waals surface area contributed by atoms with Crippen LogP contribution in [0.15, 0.2) is 22.7 Å². The molecule has 6 nitrogen and oxygen atoms in total. The van der Waals surface area contributed by atoms with Crippen LogP contribution >= 0.6 is 0 Å². The molecule has 1 aliphatic heterocycles. The van der Waals surface area contributed by atoms with Gasteiger partial charge in [-0.05, 0) is 44.4 Å². The number of nitrogens with zero attached hydrogens (tertiary/aromatic N) is 2. The zero-order valence-corrected chi connectivity index (χ0v) is 11.3. The summed E-state index contributed by atoms with van der Waals surface area (Å²) in [6, 6.07) is 4.85. The van der Waals surface area contributed by atoms with Crippen LogP contribution in [0.5, 0.6) is 5.75 Å². The standard InChI is InChI=1S/C14H17N3O3/c1-14(6-2-3-7-19-14)13-16-12(20-17-13)9-4-5-10(15)11(18)8-9/h4-5,8,18H,2-3,6-7,15H2,1H3. The molecule has 20 heavy (non-hydrogen) atoms. The smallest absolute Gasteiger partial charge is 0.258 e. The maximum atomic E-state index is 9.63. The third kappa shape index (κ3) is 2.22. The highest BCUT2D eigenvalue weighted by Crippen LogP contribution is 2.34. The van der Waals surface area contributed by atoms with Crippen LogP contribution in [0.2, 0.25) is 0 Å². The molecule has 1 atom stereocenters. The fourth-order valence-electron chi connectivity index (χ4n) is 2.34. The average Bonchev–Trinajstić information content (AvgIpc) is 2.93. The number of hydrogen-bond donors (Lipinski definition) is 2. The first-order chi connectivity index (χ1) is 9.58. The average molecular weight is 275 g/mol. The second-order valence-corrected chi connectivity index (χ2v) is 5.23. The van der Waals surface area contributed by atoms with Gasteiger partial charge in [0.05, 0.1) is 5.69 Å². The molecular weight excluding hydrogens is 258 g/mol. The number of rotatable bonds is 2. The van der Waals surface area contributed by atoms with E-state index in [9.17, 15) is 5.11 Å². The van der Waals surface area contributed by atoms with E-state index in [1.165, 1.54) is 6.07 Å². The van der Waals surface area contributed by atoms with E-state index < -0.39 is 5.60 Å². The third-order valence-electron chi connectivity index (χ3n) is 3.65. The van der Waals surface area contributed by atoms with E-state index in [0.29, 0.717) is 29.6 Å². The summed E-state index contributed by atoms with van der Waals surface area (Å²) in [5, 5.41) is 13.6. The first-order valence-corrected chi connectivity index (χ1v) is 6.65. The van der Waals surface area contributed by atoms with Gasteiger partial charge in [-0.3, -0.25) is 0 Å². The van der Waals surface area contributed by atoms with E-state index in [1.807, 2.05) is 6.92 Å². The summed E-state index contributed by atoms with van der Waals surface area (Å²) in [6.07, 6.45) is 3.02. The Bertz CT molecular complexity index is 618. The summed E-state index contributed by atoms with van der Waals surface area (Å²) in [6.45, 7) is 2.68. The van der Waals surface area contributed by atoms with Gasteiger partial charge >= 0.3 is 0 Å². The maximum Gasteiger partial charge on any atom is 0.258 e. The second kappa shape index (κ2) is 4.79. The topological polar surface area (TPSA) is 94.4 Å². The molecule has 1 saturated heterocycles. The quantitative estimate of drug-likeness (QED) is 0.645. The van der Waals surface area contributed by atoms with Crippen LogP contribution in [0, 0.1) is 0 Å². The van der Waals surface area contributed by atoms with Crippen LogP contribution in [-0.4, -0.2) is 21.9 Å². The third-order valence-corrected chi connectivity index (χ3v) is 3.65. The highest BCUT2D eigenvalue weighted by Gasteiger charge is 2.35. The summed E-state index contributed by atoms with van der Waals surface area (Å²) in [4.78, 5) is 4.39. The Kier molecular flexibility index (Phi) is 3.10. The molecule has 3 N–H and O–H groups in total. The fraction of sp³-hybridized carbons (Fsp3) is 0.429. The number of benzene rings is 1. The molecule has 1 aromatic carbocycles. The van der Waals surface area contributed by atoms with Crippen molar-refractivity contribution in [1.82, 2.24) is 10.1 Å². The number of nitrogen functional groups attached to an aromatic ring is 1. The van der Waals surface area contributed by atoms with Gasteiger partial charge in [-0.2, -0.15) is 4.98 Å². The van der Waals surface area contributed by atoms with Crippen LogP contribution < -0.4 is 5.73 Å². The molecule has 2 aromatic rings. The van der Waals surface area contributed by atoms with Crippen LogP contribution in [-0.2, 0) is 10.3 Å². The summed E-state index contributed by atoms with van der Waals surface area (Å²) in [7, 11) is 0. The summed E-state index contributed by atoms with van der Waals surface area (Å²) >= 11 is 0. The van der Waals surface area contributed by atoms with Crippen molar-refractivity contribution in [1.29, 1.82) is 0 Å². The summed E-state index contributed by atoms with van der Waals surface area (Å²) in [5.41, 5.74) is 6.03. The Morgan fingerprint density at radius 2 is 2.20 bits per heavy atom. The molecule has 0 radical (unpaired) electrons. The van der Waals surface area contributed by atoms with Crippen molar-refractivity contribution in [2.75, 3.05) is 12.3 Å². The lowest BCUT2D eigenvalue weighted by atomic mass is 9.95. The van der Waals surface area contributed by atoms with Gasteiger partial charge in [-0.25, -0.2) is 0 Å². The van der Waals surface area contributed by atoms with E-state index in [0.717, 1.165) is 19.3 Å². The minimum atomic E-state index is -0.490. The number of nitrogens with two attached hydrogens (primary N) is 1. The number of anilines is 1. The van der Waals surface area contributed by atoms with Gasteiger partial charge in [0.2, 0.25) is 5.82 Å². The van der Waals surface area contributed by atoms with Crippen LogP contribution in [0.3, 0.4) is 0 Å². The van der Waals surface area contributed by atoms with Crippen LogP contribution in [0.25, 0.3) is 11.5 Å². The Balaban J connectivity index is 1.91. The van der Waals surface area contributed by atoms with Gasteiger partial charge in [0.1, 0.15) is 11.4 Å². The summed E-state index contributed by atoms with van der Waals surface area (Å²) in [5.74, 6) is 0.900. The van der Waals surface area contributed by atoms with E-state index >= 15 is 0 Å². The highest BCUT2D eigenvalue weighted by atomic mass is 16.5. The number of phenols is 1. The number of hydrogen-bond acceptors (Lipinski definition) is 6. The molecule has 1 aromatic heterocycles. The van der Waals surface area contributed by atoms with Crippen molar-refractivity contribution in [3.63, 3.8) is 0 Å². The van der Waals surface area contributed by atoms with Crippen molar-refractivity contribution in [3.8, 4) is 17.2 Å². The van der Waals surface area contributed by atoms with Gasteiger partial charge in [-0.1, -0.05) is 5.16 Å². The minimum absolute atomic E-state index is 0.00220. The van der Waals surface area contributed by atoms with Crippen molar-refractivity contribution >= 4 is 5.69 Å². The van der Waals surface area contributed by atoms with Crippen molar-refractivity contribution in [3.05, 3.63) is 24.0 Å². The molecule has 0 amide bonds. The lowest BCUT2D eigenvalue weighted by Crippen LogP contribution is -2.31. The van der Waals surface area contributed by atoms with Crippen LogP contribution in [0.1, 0.15) is 32.0 Å². The number of ether oxygens (including phenoxy) is 1. The van der Waals surface area contributed by atoms with Gasteiger partial charge in [0.25, 0.3) is 5.89 Å². The number of aromatic hydroxyl groups is 1. The van der Waals surface area contributed by atoms with E-state index in [4.69, 9.17) is 15.0 Å². The molecule has 1 unspecified atom stereocenters. The molecule has 1 aliphatic rings. The van der Waals surface area contributed by atoms with Crippen molar-refractivity contribution < 1.29 is 14.4 Å². The van der Waals surface area contributed by atoms with Gasteiger partial charge < -0.3 is 20.1 Å². The van der Waals surface area contributed by atoms with E-state index in [-0.39, 0.29) is 5.75 Å². The SMILES string of the molecule is CC1(c2noc(-c3ccc(N)c(O)c3)n2)CCCCO1. The molecule has 0 bridgehead atoms. The molecule has 0 aliphatic carbocycles. The Morgan fingerprint density at radius 3 is 2.90 bits per heavy atom. The molecule has 1 fully saturated rings. The molecule has 0 saturated carbocycles. The number of aromatic nitrogens is 2. The van der Waals surface area contributed by atoms with E-state index in [1.54, 1.807) is 12.1 Å². The predicted octanol–water partition coefficient (Wildman–Crippen LogP) is 2.44. The van der Waals surface area contributed by atoms with Gasteiger partial charge in [-0.15, -0.1) is 0 Å². The Labute approximate surface area is 116 Å². The first-order valence-electron chi connectivity index (χ1n) is 6.65. The zero-order chi connectivity index (χ0) is 14.2. The highest BCUT2D eigenvalue weighted by molar-refractivity contribution is 5.63. The normalized spacial score (nSPS) is 22.9. The minimum Gasteiger partial charge on any atom is -0.506 e. The number of phenolic OH excluding ortho intramolecular Hbond substituents is 1.